The first kappa shape index (κ1) is 17.4. The molecule has 0 N–H and O–H groups in total. The molecule has 1 saturated carbocycles. The number of ether oxygens (including phenoxy) is 1. The Morgan fingerprint density at radius 1 is 1.27 bits per heavy atom. The molecule has 1 aliphatic carbocycles. The fraction of sp³-hybridized carbons (Fsp3) is 0.619. The highest BCUT2D eigenvalue weighted by atomic mass is 16.5. The van der Waals surface area contributed by atoms with Crippen LogP contribution in [0.3, 0.4) is 0 Å². The molecule has 5 nitrogen and oxygen atoms in total. The van der Waals surface area contributed by atoms with Crippen molar-refractivity contribution >= 4 is 11.8 Å². The van der Waals surface area contributed by atoms with Crippen molar-refractivity contribution in [2.45, 2.75) is 64.1 Å². The van der Waals surface area contributed by atoms with Crippen LogP contribution in [-0.2, 0) is 16.0 Å². The van der Waals surface area contributed by atoms with E-state index >= 15 is 0 Å². The fourth-order valence-corrected chi connectivity index (χ4v) is 5.80. The highest BCUT2D eigenvalue weighted by molar-refractivity contribution is 5.80. The van der Waals surface area contributed by atoms with Crippen LogP contribution in [0.4, 0.5) is 0 Å². The van der Waals surface area contributed by atoms with Gasteiger partial charge in [-0.1, -0.05) is 19.1 Å². The van der Waals surface area contributed by atoms with E-state index in [4.69, 9.17) is 4.74 Å². The Morgan fingerprint density at radius 3 is 2.77 bits per heavy atom. The summed E-state index contributed by atoms with van der Waals surface area (Å²) >= 11 is 0. The lowest BCUT2D eigenvalue weighted by Crippen LogP contribution is -2.58. The number of likely N-dealkylation sites (tertiary alicyclic amines) is 2. The number of fused-ring (bicyclic) bond motifs is 1. The van der Waals surface area contributed by atoms with E-state index in [1.54, 1.807) is 14.0 Å². The van der Waals surface area contributed by atoms with Gasteiger partial charge in [0, 0.05) is 31.0 Å². The van der Waals surface area contributed by atoms with E-state index in [-0.39, 0.29) is 29.3 Å². The van der Waals surface area contributed by atoms with Gasteiger partial charge >= 0.3 is 0 Å². The maximum Gasteiger partial charge on any atom is 0.227 e. The minimum atomic E-state index is 0.0386. The van der Waals surface area contributed by atoms with E-state index in [0.717, 1.165) is 37.0 Å². The summed E-state index contributed by atoms with van der Waals surface area (Å²) in [5.74, 6) is 1.11. The van der Waals surface area contributed by atoms with Gasteiger partial charge in [0.05, 0.1) is 19.6 Å². The van der Waals surface area contributed by atoms with Crippen LogP contribution in [0.5, 0.6) is 5.75 Å². The van der Waals surface area contributed by atoms with Crippen LogP contribution < -0.4 is 4.74 Å². The number of piperidine rings is 1. The zero-order valence-corrected chi connectivity index (χ0v) is 15.9. The number of carbonyl (C=O) groups is 2. The van der Waals surface area contributed by atoms with Gasteiger partial charge in [-0.2, -0.15) is 0 Å². The number of hydrogen-bond donors (Lipinski definition) is 0. The Bertz CT molecular complexity index is 734. The number of methoxy groups -OCH3 is 1. The lowest BCUT2D eigenvalue weighted by atomic mass is 9.65. The molecule has 2 bridgehead atoms. The molecule has 3 fully saturated rings. The fourth-order valence-electron chi connectivity index (χ4n) is 5.80. The van der Waals surface area contributed by atoms with Crippen molar-refractivity contribution in [1.29, 1.82) is 0 Å². The largest absolute Gasteiger partial charge is 0.497 e. The third-order valence-corrected chi connectivity index (χ3v) is 6.84. The Morgan fingerprint density at radius 2 is 2.04 bits per heavy atom. The summed E-state index contributed by atoms with van der Waals surface area (Å²) in [6.07, 6.45) is 4.63. The number of benzene rings is 1. The Balaban J connectivity index is 1.59. The third kappa shape index (κ3) is 2.60. The van der Waals surface area contributed by atoms with Crippen molar-refractivity contribution in [2.24, 2.45) is 5.41 Å². The van der Waals surface area contributed by atoms with Gasteiger partial charge in [0.15, 0.2) is 0 Å². The first-order valence-electron chi connectivity index (χ1n) is 9.65. The Kier molecular flexibility index (Phi) is 4.20. The molecule has 2 heterocycles. The molecule has 2 amide bonds. The van der Waals surface area contributed by atoms with Gasteiger partial charge in [-0.05, 0) is 43.4 Å². The second kappa shape index (κ2) is 6.29. The van der Waals surface area contributed by atoms with Crippen molar-refractivity contribution < 1.29 is 14.3 Å². The average Bonchev–Trinajstić information content (AvgIpc) is 2.91. The first-order valence-corrected chi connectivity index (χ1v) is 9.65. The van der Waals surface area contributed by atoms with Crippen molar-refractivity contribution in [2.75, 3.05) is 13.7 Å². The van der Waals surface area contributed by atoms with Crippen LogP contribution >= 0.6 is 0 Å². The van der Waals surface area contributed by atoms with Gasteiger partial charge in [-0.15, -0.1) is 0 Å². The number of amides is 2. The molecule has 2 saturated heterocycles. The molecule has 0 unspecified atom stereocenters. The van der Waals surface area contributed by atoms with Crippen molar-refractivity contribution in [1.82, 2.24) is 9.80 Å². The molecule has 26 heavy (non-hydrogen) atoms. The lowest BCUT2D eigenvalue weighted by Gasteiger charge is -2.50. The summed E-state index contributed by atoms with van der Waals surface area (Å²) in [4.78, 5) is 29.6. The van der Waals surface area contributed by atoms with E-state index in [1.807, 2.05) is 24.3 Å². The quantitative estimate of drug-likeness (QED) is 0.837. The van der Waals surface area contributed by atoms with Crippen molar-refractivity contribution in [3.63, 3.8) is 0 Å². The van der Waals surface area contributed by atoms with Gasteiger partial charge in [-0.25, -0.2) is 0 Å². The van der Waals surface area contributed by atoms with Crippen LogP contribution in [-0.4, -0.2) is 53.4 Å². The van der Waals surface area contributed by atoms with Gasteiger partial charge in [-0.3, -0.25) is 9.59 Å². The van der Waals surface area contributed by atoms with E-state index in [0.29, 0.717) is 19.0 Å². The maximum atomic E-state index is 13.2. The van der Waals surface area contributed by atoms with Crippen molar-refractivity contribution in [3.8, 4) is 5.75 Å². The number of rotatable bonds is 3. The standard InChI is InChI=1S/C21H28N2O3/c1-14(24)23-16-12-21(2)18(8-5-9-19(21)23)22(13-16)20(25)11-15-6-4-7-17(10-15)26-3/h4,6-7,10,16,18-19H,5,8-9,11-13H2,1-3H3/t16-,18+,19-,21+/m0/s1. The Hall–Kier alpha value is -2.04. The minimum Gasteiger partial charge on any atom is -0.497 e. The first-order chi connectivity index (χ1) is 12.4. The van der Waals surface area contributed by atoms with Crippen LogP contribution in [0.15, 0.2) is 24.3 Å². The second-order valence-electron chi connectivity index (χ2n) is 8.33. The maximum absolute atomic E-state index is 13.2. The molecule has 0 radical (unpaired) electrons. The molecule has 0 spiro atoms. The monoisotopic (exact) mass is 356 g/mol. The molecule has 1 aromatic rings. The molecule has 3 aliphatic rings. The molecule has 1 aromatic carbocycles. The molecule has 4 rings (SSSR count). The minimum absolute atomic E-state index is 0.0386. The van der Waals surface area contributed by atoms with Crippen LogP contribution in [0.2, 0.25) is 0 Å². The molecular weight excluding hydrogens is 328 g/mol. The van der Waals surface area contributed by atoms with Crippen LogP contribution in [0.25, 0.3) is 0 Å². The van der Waals surface area contributed by atoms with Crippen LogP contribution in [0.1, 0.15) is 45.1 Å². The smallest absolute Gasteiger partial charge is 0.227 e. The summed E-state index contributed by atoms with van der Waals surface area (Å²) in [5.41, 5.74) is 1.02. The highest BCUT2D eigenvalue weighted by Crippen LogP contribution is 2.54. The predicted octanol–water partition coefficient (Wildman–Crippen LogP) is 2.63. The molecule has 0 aromatic heterocycles. The zero-order valence-electron chi connectivity index (χ0n) is 15.9. The van der Waals surface area contributed by atoms with Crippen LogP contribution in [0, 0.1) is 5.41 Å². The SMILES string of the molecule is COc1cccc(CC(=O)N2C[C@@H]3C[C@@]4(C)[C@H](CCC[C@@H]24)N3C(C)=O)c1. The molecule has 5 heteroatoms. The number of carbonyl (C=O) groups excluding carboxylic acids is 2. The molecule has 2 aliphatic heterocycles. The van der Waals surface area contributed by atoms with E-state index in [2.05, 4.69) is 16.7 Å². The second-order valence-corrected chi connectivity index (χ2v) is 8.33. The number of nitrogens with zero attached hydrogens (tertiary/aromatic N) is 2. The summed E-state index contributed by atoms with van der Waals surface area (Å²) < 4.78 is 5.28. The van der Waals surface area contributed by atoms with Gasteiger partial charge in [0.25, 0.3) is 0 Å². The average molecular weight is 356 g/mol. The van der Waals surface area contributed by atoms with E-state index in [1.165, 1.54) is 0 Å². The molecule has 140 valence electrons. The summed E-state index contributed by atoms with van der Waals surface area (Å²) in [7, 11) is 1.64. The molecular formula is C21H28N2O3. The molecule has 4 atom stereocenters. The number of hydrogen-bond acceptors (Lipinski definition) is 3. The van der Waals surface area contributed by atoms with Gasteiger partial charge in [0.1, 0.15) is 5.75 Å². The summed E-state index contributed by atoms with van der Waals surface area (Å²) in [5, 5.41) is 0. The van der Waals surface area contributed by atoms with Crippen molar-refractivity contribution in [3.05, 3.63) is 29.8 Å². The lowest BCUT2D eigenvalue weighted by molar-refractivity contribution is -0.139. The Labute approximate surface area is 155 Å². The normalized spacial score (nSPS) is 32.5. The summed E-state index contributed by atoms with van der Waals surface area (Å²) in [6, 6.07) is 8.45. The van der Waals surface area contributed by atoms with Gasteiger partial charge < -0.3 is 14.5 Å². The third-order valence-electron chi connectivity index (χ3n) is 6.84. The van der Waals surface area contributed by atoms with Gasteiger partial charge in [0.2, 0.25) is 11.8 Å². The van der Waals surface area contributed by atoms with E-state index < -0.39 is 0 Å². The topological polar surface area (TPSA) is 49.9 Å². The predicted molar refractivity (Wildman–Crippen MR) is 98.9 cm³/mol. The highest BCUT2D eigenvalue weighted by Gasteiger charge is 2.60. The zero-order chi connectivity index (χ0) is 18.5. The summed E-state index contributed by atoms with van der Waals surface area (Å²) in [6.45, 7) is 4.65. The van der Waals surface area contributed by atoms with E-state index in [9.17, 15) is 9.59 Å².